The Hall–Kier alpha value is -0.560. The Morgan fingerprint density at radius 2 is 2.00 bits per heavy atom. The third-order valence-electron chi connectivity index (χ3n) is 3.37. The largest absolute Gasteiger partial charge is 0.314 e. The molecule has 1 fully saturated rings. The first-order chi connectivity index (χ1) is 8.22. The molecular weight excluding hydrogens is 210 g/mol. The SMILES string of the molecule is C#CCN1CCC(NCCCCN(C)C)CC1. The first-order valence-corrected chi connectivity index (χ1v) is 6.76. The summed E-state index contributed by atoms with van der Waals surface area (Å²) in [5, 5.41) is 3.66. The molecule has 1 heterocycles. The summed E-state index contributed by atoms with van der Waals surface area (Å²) in [4.78, 5) is 4.61. The second-order valence-electron chi connectivity index (χ2n) is 5.22. The van der Waals surface area contributed by atoms with Crippen molar-refractivity contribution in [3.8, 4) is 12.3 Å². The van der Waals surface area contributed by atoms with E-state index in [4.69, 9.17) is 6.42 Å². The Morgan fingerprint density at radius 1 is 1.29 bits per heavy atom. The van der Waals surface area contributed by atoms with Crippen molar-refractivity contribution in [1.82, 2.24) is 15.1 Å². The fourth-order valence-corrected chi connectivity index (χ4v) is 2.28. The smallest absolute Gasteiger partial charge is 0.0598 e. The zero-order chi connectivity index (χ0) is 12.5. The lowest BCUT2D eigenvalue weighted by molar-refractivity contribution is 0.217. The molecule has 0 atom stereocenters. The Labute approximate surface area is 107 Å². The molecule has 0 aromatic rings. The first kappa shape index (κ1) is 14.5. The highest BCUT2D eigenvalue weighted by Gasteiger charge is 2.17. The molecule has 1 rings (SSSR count). The van der Waals surface area contributed by atoms with Gasteiger partial charge in [-0.15, -0.1) is 6.42 Å². The van der Waals surface area contributed by atoms with Crippen LogP contribution in [0.5, 0.6) is 0 Å². The summed E-state index contributed by atoms with van der Waals surface area (Å²) >= 11 is 0. The van der Waals surface area contributed by atoms with Crippen molar-refractivity contribution >= 4 is 0 Å². The predicted octanol–water partition coefficient (Wildman–Crippen LogP) is 1.02. The van der Waals surface area contributed by atoms with Gasteiger partial charge in [-0.05, 0) is 52.9 Å². The molecular formula is C14H27N3. The van der Waals surface area contributed by atoms with Gasteiger partial charge in [0.15, 0.2) is 0 Å². The van der Waals surface area contributed by atoms with Crippen LogP contribution in [0.15, 0.2) is 0 Å². The second-order valence-corrected chi connectivity index (χ2v) is 5.22. The van der Waals surface area contributed by atoms with Crippen molar-refractivity contribution in [3.05, 3.63) is 0 Å². The maximum absolute atomic E-state index is 5.32. The molecule has 0 amide bonds. The van der Waals surface area contributed by atoms with Crippen LogP contribution in [0, 0.1) is 12.3 Å². The second kappa shape index (κ2) is 8.52. The lowest BCUT2D eigenvalue weighted by Gasteiger charge is -2.31. The molecule has 98 valence electrons. The molecule has 1 aliphatic heterocycles. The van der Waals surface area contributed by atoms with Gasteiger partial charge < -0.3 is 10.2 Å². The van der Waals surface area contributed by atoms with Crippen LogP contribution in [-0.4, -0.2) is 62.7 Å². The van der Waals surface area contributed by atoms with Crippen LogP contribution in [0.4, 0.5) is 0 Å². The molecule has 1 aliphatic rings. The Bertz CT molecular complexity index is 224. The van der Waals surface area contributed by atoms with Crippen molar-refractivity contribution in [2.75, 3.05) is 46.8 Å². The van der Waals surface area contributed by atoms with E-state index in [0.29, 0.717) is 6.04 Å². The number of piperidine rings is 1. The first-order valence-electron chi connectivity index (χ1n) is 6.76. The number of nitrogens with one attached hydrogen (secondary N) is 1. The van der Waals surface area contributed by atoms with Gasteiger partial charge in [0.2, 0.25) is 0 Å². The van der Waals surface area contributed by atoms with Gasteiger partial charge in [0.1, 0.15) is 0 Å². The molecule has 0 radical (unpaired) electrons. The number of terminal acetylenes is 1. The number of hydrogen-bond acceptors (Lipinski definition) is 3. The Morgan fingerprint density at radius 3 is 2.59 bits per heavy atom. The average molecular weight is 237 g/mol. The van der Waals surface area contributed by atoms with E-state index in [9.17, 15) is 0 Å². The van der Waals surface area contributed by atoms with Crippen LogP contribution < -0.4 is 5.32 Å². The van der Waals surface area contributed by atoms with Crippen molar-refractivity contribution in [1.29, 1.82) is 0 Å². The lowest BCUT2D eigenvalue weighted by Crippen LogP contribution is -2.42. The maximum Gasteiger partial charge on any atom is 0.0598 e. The molecule has 0 unspecified atom stereocenters. The third-order valence-corrected chi connectivity index (χ3v) is 3.37. The number of unbranched alkanes of at least 4 members (excludes halogenated alkanes) is 1. The quantitative estimate of drug-likeness (QED) is 0.527. The topological polar surface area (TPSA) is 18.5 Å². The standard InChI is InChI=1S/C14H27N3/c1-4-10-17-12-7-14(8-13-17)15-9-5-6-11-16(2)3/h1,14-15H,5-13H2,2-3H3. The van der Waals surface area contributed by atoms with Gasteiger partial charge in [-0.2, -0.15) is 0 Å². The van der Waals surface area contributed by atoms with Gasteiger partial charge in [0, 0.05) is 19.1 Å². The molecule has 3 nitrogen and oxygen atoms in total. The fraction of sp³-hybridized carbons (Fsp3) is 0.857. The molecule has 0 spiro atoms. The van der Waals surface area contributed by atoms with Crippen molar-refractivity contribution in [2.45, 2.75) is 31.7 Å². The van der Waals surface area contributed by atoms with Crippen molar-refractivity contribution in [3.63, 3.8) is 0 Å². The molecule has 0 aromatic carbocycles. The summed E-state index contributed by atoms with van der Waals surface area (Å²) in [6.45, 7) is 5.48. The van der Waals surface area contributed by atoms with Crippen LogP contribution in [0.2, 0.25) is 0 Å². The summed E-state index contributed by atoms with van der Waals surface area (Å²) in [7, 11) is 4.27. The molecule has 1 N–H and O–H groups in total. The number of likely N-dealkylation sites (tertiary alicyclic amines) is 1. The van der Waals surface area contributed by atoms with Crippen LogP contribution in [0.3, 0.4) is 0 Å². The van der Waals surface area contributed by atoms with E-state index in [-0.39, 0.29) is 0 Å². The summed E-state index contributed by atoms with van der Waals surface area (Å²) < 4.78 is 0. The van der Waals surface area contributed by atoms with Crippen LogP contribution in [0.1, 0.15) is 25.7 Å². The van der Waals surface area contributed by atoms with Gasteiger partial charge >= 0.3 is 0 Å². The minimum atomic E-state index is 0.711. The normalized spacial score (nSPS) is 18.5. The molecule has 0 bridgehead atoms. The highest BCUT2D eigenvalue weighted by atomic mass is 15.1. The van der Waals surface area contributed by atoms with Crippen LogP contribution in [0.25, 0.3) is 0 Å². The molecule has 0 aromatic heterocycles. The minimum absolute atomic E-state index is 0.711. The van der Waals surface area contributed by atoms with E-state index < -0.39 is 0 Å². The molecule has 3 heteroatoms. The highest BCUT2D eigenvalue weighted by molar-refractivity contribution is 4.90. The minimum Gasteiger partial charge on any atom is -0.314 e. The van der Waals surface area contributed by atoms with Gasteiger partial charge in [-0.3, -0.25) is 4.90 Å². The monoisotopic (exact) mass is 237 g/mol. The van der Waals surface area contributed by atoms with E-state index in [1.807, 2.05) is 0 Å². The molecule has 0 saturated carbocycles. The molecule has 0 aliphatic carbocycles. The van der Waals surface area contributed by atoms with E-state index in [1.54, 1.807) is 0 Å². The maximum atomic E-state index is 5.32. The molecule has 1 saturated heterocycles. The van der Waals surface area contributed by atoms with Gasteiger partial charge in [-0.1, -0.05) is 5.92 Å². The van der Waals surface area contributed by atoms with Crippen molar-refractivity contribution in [2.24, 2.45) is 0 Å². The highest BCUT2D eigenvalue weighted by Crippen LogP contribution is 2.09. The van der Waals surface area contributed by atoms with E-state index in [1.165, 1.54) is 32.2 Å². The summed E-state index contributed by atoms with van der Waals surface area (Å²) in [6.07, 6.45) is 10.4. The Balaban J connectivity index is 1.97. The fourth-order valence-electron chi connectivity index (χ4n) is 2.28. The average Bonchev–Trinajstić information content (AvgIpc) is 2.31. The zero-order valence-electron chi connectivity index (χ0n) is 11.4. The number of rotatable bonds is 7. The summed E-state index contributed by atoms with van der Waals surface area (Å²) in [6, 6.07) is 0.711. The number of hydrogen-bond donors (Lipinski definition) is 1. The van der Waals surface area contributed by atoms with Crippen LogP contribution in [-0.2, 0) is 0 Å². The molecule has 17 heavy (non-hydrogen) atoms. The van der Waals surface area contributed by atoms with E-state index in [0.717, 1.165) is 26.2 Å². The summed E-state index contributed by atoms with van der Waals surface area (Å²) in [5.74, 6) is 2.72. The third kappa shape index (κ3) is 6.68. The predicted molar refractivity (Wildman–Crippen MR) is 74.1 cm³/mol. The van der Waals surface area contributed by atoms with Gasteiger partial charge in [0.05, 0.1) is 6.54 Å². The van der Waals surface area contributed by atoms with E-state index in [2.05, 4.69) is 35.1 Å². The van der Waals surface area contributed by atoms with Crippen molar-refractivity contribution < 1.29 is 0 Å². The van der Waals surface area contributed by atoms with Gasteiger partial charge in [-0.25, -0.2) is 0 Å². The van der Waals surface area contributed by atoms with Gasteiger partial charge in [0.25, 0.3) is 0 Å². The lowest BCUT2D eigenvalue weighted by atomic mass is 10.0. The van der Waals surface area contributed by atoms with E-state index >= 15 is 0 Å². The number of nitrogens with zero attached hydrogens (tertiary/aromatic N) is 2. The van der Waals surface area contributed by atoms with Crippen LogP contribution >= 0.6 is 0 Å². The summed E-state index contributed by atoms with van der Waals surface area (Å²) in [5.41, 5.74) is 0. The Kier molecular flexibility index (Phi) is 7.27. The zero-order valence-corrected chi connectivity index (χ0v) is 11.4.